The predicted octanol–water partition coefficient (Wildman–Crippen LogP) is 1.67. The Morgan fingerprint density at radius 1 is 1.40 bits per heavy atom. The fourth-order valence-electron chi connectivity index (χ4n) is 1.77. The van der Waals surface area contributed by atoms with Gasteiger partial charge in [0.1, 0.15) is 0 Å². The van der Waals surface area contributed by atoms with Crippen LogP contribution in [0.3, 0.4) is 0 Å². The lowest BCUT2D eigenvalue weighted by Gasteiger charge is -2.18. The van der Waals surface area contributed by atoms with Crippen molar-refractivity contribution >= 4 is 23.4 Å². The number of nitrogens with one attached hydrogen (secondary N) is 2. The highest BCUT2D eigenvalue weighted by Gasteiger charge is 2.17. The predicted molar refractivity (Wildman–Crippen MR) is 77.5 cm³/mol. The number of ether oxygens (including phenoxy) is 1. The Balaban J connectivity index is 2.69. The van der Waals surface area contributed by atoms with E-state index in [4.69, 9.17) is 16.3 Å². The first kappa shape index (κ1) is 16.5. The average molecular weight is 299 g/mol. The van der Waals surface area contributed by atoms with Gasteiger partial charge in [-0.05, 0) is 17.7 Å². The van der Waals surface area contributed by atoms with Gasteiger partial charge in [0.05, 0.1) is 19.1 Å². The maximum Gasteiger partial charge on any atom is 0.222 e. The van der Waals surface area contributed by atoms with Crippen molar-refractivity contribution in [1.82, 2.24) is 10.6 Å². The summed E-state index contributed by atoms with van der Waals surface area (Å²) in [6.45, 7) is 2.31. The second-order valence-electron chi connectivity index (χ2n) is 4.35. The first-order valence-electron chi connectivity index (χ1n) is 6.31. The quantitative estimate of drug-likeness (QED) is 0.753. The molecule has 0 aliphatic carbocycles. The highest BCUT2D eigenvalue weighted by Crippen LogP contribution is 2.20. The van der Waals surface area contributed by atoms with Crippen LogP contribution in [0.4, 0.5) is 0 Å². The number of rotatable bonds is 7. The lowest BCUT2D eigenvalue weighted by atomic mass is 10.0. The van der Waals surface area contributed by atoms with Gasteiger partial charge in [0.15, 0.2) is 0 Å². The van der Waals surface area contributed by atoms with Crippen LogP contribution < -0.4 is 10.6 Å². The molecule has 1 aromatic carbocycles. The minimum Gasteiger partial charge on any atom is -0.383 e. The van der Waals surface area contributed by atoms with E-state index in [1.807, 2.05) is 6.07 Å². The van der Waals surface area contributed by atoms with Crippen molar-refractivity contribution in [2.75, 3.05) is 20.3 Å². The number of halogens is 1. The first-order valence-corrected chi connectivity index (χ1v) is 6.69. The molecule has 0 fully saturated rings. The SMILES string of the molecule is COCCNC(=O)CC(NC(C)=O)c1cccc(Cl)c1. The van der Waals surface area contributed by atoms with Gasteiger partial charge in [-0.3, -0.25) is 9.59 Å². The Labute approximate surface area is 123 Å². The van der Waals surface area contributed by atoms with Crippen LogP contribution in [-0.2, 0) is 14.3 Å². The Hall–Kier alpha value is -1.59. The average Bonchev–Trinajstić information content (AvgIpc) is 2.38. The monoisotopic (exact) mass is 298 g/mol. The summed E-state index contributed by atoms with van der Waals surface area (Å²) in [4.78, 5) is 23.1. The molecule has 2 N–H and O–H groups in total. The van der Waals surface area contributed by atoms with Crippen LogP contribution in [0.5, 0.6) is 0 Å². The van der Waals surface area contributed by atoms with Crippen molar-refractivity contribution < 1.29 is 14.3 Å². The van der Waals surface area contributed by atoms with E-state index in [1.165, 1.54) is 6.92 Å². The molecule has 110 valence electrons. The van der Waals surface area contributed by atoms with Gasteiger partial charge in [0.25, 0.3) is 0 Å². The molecule has 1 atom stereocenters. The molecular formula is C14H19ClN2O3. The molecule has 0 aromatic heterocycles. The number of amides is 2. The summed E-state index contributed by atoms with van der Waals surface area (Å²) in [5.41, 5.74) is 0.801. The van der Waals surface area contributed by atoms with Crippen LogP contribution in [0.2, 0.25) is 5.02 Å². The molecule has 6 heteroatoms. The van der Waals surface area contributed by atoms with Gasteiger partial charge in [0.2, 0.25) is 11.8 Å². The summed E-state index contributed by atoms with van der Waals surface area (Å²) in [5, 5.41) is 6.05. The maximum atomic E-state index is 11.8. The summed E-state index contributed by atoms with van der Waals surface area (Å²) in [5.74, 6) is -0.347. The molecule has 0 saturated carbocycles. The second kappa shape index (κ2) is 8.55. The van der Waals surface area contributed by atoms with Gasteiger partial charge < -0.3 is 15.4 Å². The summed E-state index contributed by atoms with van der Waals surface area (Å²) in [7, 11) is 1.57. The van der Waals surface area contributed by atoms with Crippen molar-refractivity contribution in [1.29, 1.82) is 0 Å². The minimum absolute atomic E-state index is 0.152. The van der Waals surface area contributed by atoms with E-state index in [0.29, 0.717) is 18.2 Å². The van der Waals surface area contributed by atoms with E-state index in [2.05, 4.69) is 10.6 Å². The van der Waals surface area contributed by atoms with Crippen LogP contribution in [0.25, 0.3) is 0 Å². The van der Waals surface area contributed by atoms with Gasteiger partial charge in [-0.25, -0.2) is 0 Å². The summed E-state index contributed by atoms with van der Waals surface area (Å²) in [6.07, 6.45) is 0.156. The van der Waals surface area contributed by atoms with Crippen molar-refractivity contribution in [2.24, 2.45) is 0 Å². The zero-order valence-corrected chi connectivity index (χ0v) is 12.4. The topological polar surface area (TPSA) is 67.4 Å². The summed E-state index contributed by atoms with van der Waals surface area (Å²) < 4.78 is 4.86. The number of carbonyl (C=O) groups is 2. The van der Waals surface area contributed by atoms with E-state index in [9.17, 15) is 9.59 Å². The second-order valence-corrected chi connectivity index (χ2v) is 4.79. The molecule has 1 aromatic rings. The lowest BCUT2D eigenvalue weighted by molar-refractivity contribution is -0.122. The zero-order chi connectivity index (χ0) is 15.0. The van der Waals surface area contributed by atoms with Gasteiger partial charge in [-0.2, -0.15) is 0 Å². The van der Waals surface area contributed by atoms with Crippen LogP contribution in [0, 0.1) is 0 Å². The third kappa shape index (κ3) is 6.04. The van der Waals surface area contributed by atoms with E-state index in [0.717, 1.165) is 5.56 Å². The molecule has 0 aliphatic heterocycles. The number of carbonyl (C=O) groups excluding carboxylic acids is 2. The van der Waals surface area contributed by atoms with Crippen molar-refractivity contribution in [3.8, 4) is 0 Å². The van der Waals surface area contributed by atoms with Crippen molar-refractivity contribution in [3.63, 3.8) is 0 Å². The third-order valence-corrected chi connectivity index (χ3v) is 2.88. The van der Waals surface area contributed by atoms with Gasteiger partial charge in [0, 0.05) is 25.6 Å². The summed E-state index contributed by atoms with van der Waals surface area (Å²) in [6, 6.07) is 6.71. The normalized spacial score (nSPS) is 11.8. The van der Waals surface area contributed by atoms with Crippen LogP contribution in [-0.4, -0.2) is 32.1 Å². The number of hydrogen-bond acceptors (Lipinski definition) is 3. The smallest absolute Gasteiger partial charge is 0.222 e. The zero-order valence-electron chi connectivity index (χ0n) is 11.6. The van der Waals surface area contributed by atoms with E-state index < -0.39 is 6.04 Å². The Bertz CT molecular complexity index is 465. The molecule has 0 radical (unpaired) electrons. The van der Waals surface area contributed by atoms with Gasteiger partial charge in [-0.1, -0.05) is 23.7 Å². The van der Waals surface area contributed by atoms with Crippen LogP contribution in [0.15, 0.2) is 24.3 Å². The van der Waals surface area contributed by atoms with Crippen molar-refractivity contribution in [3.05, 3.63) is 34.9 Å². The van der Waals surface area contributed by atoms with Crippen LogP contribution in [0.1, 0.15) is 24.9 Å². The number of methoxy groups -OCH3 is 1. The van der Waals surface area contributed by atoms with Gasteiger partial charge in [-0.15, -0.1) is 0 Å². The van der Waals surface area contributed by atoms with Crippen LogP contribution >= 0.6 is 11.6 Å². The Morgan fingerprint density at radius 3 is 2.75 bits per heavy atom. The first-order chi connectivity index (χ1) is 9.52. The third-order valence-electron chi connectivity index (χ3n) is 2.65. The highest BCUT2D eigenvalue weighted by atomic mass is 35.5. The summed E-state index contributed by atoms with van der Waals surface area (Å²) >= 11 is 5.93. The Kier molecular flexibility index (Phi) is 7.04. The van der Waals surface area contributed by atoms with E-state index in [-0.39, 0.29) is 18.2 Å². The highest BCUT2D eigenvalue weighted by molar-refractivity contribution is 6.30. The molecule has 0 bridgehead atoms. The van der Waals surface area contributed by atoms with Gasteiger partial charge >= 0.3 is 0 Å². The minimum atomic E-state index is -0.395. The molecular weight excluding hydrogens is 280 g/mol. The lowest BCUT2D eigenvalue weighted by Crippen LogP contribution is -2.33. The number of benzene rings is 1. The molecule has 1 unspecified atom stereocenters. The Morgan fingerprint density at radius 2 is 2.15 bits per heavy atom. The molecule has 2 amide bonds. The van der Waals surface area contributed by atoms with Crippen molar-refractivity contribution in [2.45, 2.75) is 19.4 Å². The largest absolute Gasteiger partial charge is 0.383 e. The molecule has 0 saturated heterocycles. The molecule has 20 heavy (non-hydrogen) atoms. The fraction of sp³-hybridized carbons (Fsp3) is 0.429. The number of hydrogen-bond donors (Lipinski definition) is 2. The van der Waals surface area contributed by atoms with E-state index >= 15 is 0 Å². The molecule has 0 aliphatic rings. The standard InChI is InChI=1S/C14H19ClN2O3/c1-10(18)17-13(9-14(19)16-6-7-20-2)11-4-3-5-12(15)8-11/h3-5,8,13H,6-7,9H2,1-2H3,(H,16,19)(H,17,18). The molecule has 1 rings (SSSR count). The maximum absolute atomic E-state index is 11.8. The molecule has 0 heterocycles. The fourth-order valence-corrected chi connectivity index (χ4v) is 1.97. The van der Waals surface area contributed by atoms with E-state index in [1.54, 1.807) is 25.3 Å². The molecule has 5 nitrogen and oxygen atoms in total. The molecule has 0 spiro atoms.